The predicted molar refractivity (Wildman–Crippen MR) is 153 cm³/mol. The minimum Gasteiger partial charge on any atom is -0.479 e. The molecule has 3 atom stereocenters. The molecule has 44 heavy (non-hydrogen) atoms. The van der Waals surface area contributed by atoms with Crippen LogP contribution in [0.3, 0.4) is 0 Å². The fraction of sp³-hybridized carbons (Fsp3) is 0.400. The molecule has 0 aliphatic carbocycles. The first-order valence-electron chi connectivity index (χ1n) is 13.8. The maximum absolute atomic E-state index is 14.0. The van der Waals surface area contributed by atoms with Gasteiger partial charge in [0.25, 0.3) is 0 Å². The Bertz CT molecular complexity index is 1380. The average Bonchev–Trinajstić information content (AvgIpc) is 3.37. The summed E-state index contributed by atoms with van der Waals surface area (Å²) in [5, 5.41) is 8.07. The molecule has 238 valence electrons. The number of benzene rings is 2. The predicted octanol–water partition coefficient (Wildman–Crippen LogP) is 4.71. The van der Waals surface area contributed by atoms with Crippen LogP contribution in [0.25, 0.3) is 6.08 Å². The van der Waals surface area contributed by atoms with Crippen molar-refractivity contribution in [1.82, 2.24) is 16.0 Å². The minimum atomic E-state index is -1.84. The van der Waals surface area contributed by atoms with Gasteiger partial charge >= 0.3 is 6.09 Å². The molecule has 0 saturated carbocycles. The molecule has 0 aromatic heterocycles. The molecule has 0 spiro atoms. The molecule has 2 aromatic rings. The number of alkyl carbamates (subject to hydrolysis) is 1. The monoisotopic (exact) mass is 641 g/mol. The number of rotatable bonds is 14. The van der Waals surface area contributed by atoms with Crippen molar-refractivity contribution >= 4 is 41.4 Å². The van der Waals surface area contributed by atoms with Crippen LogP contribution in [-0.2, 0) is 19.1 Å². The number of Topliss-reactive ketones (excluding diaryl/α,β-unsaturated/α-hetero) is 1. The van der Waals surface area contributed by atoms with Gasteiger partial charge in [0, 0.05) is 23.6 Å². The summed E-state index contributed by atoms with van der Waals surface area (Å²) < 4.78 is 65.2. The second-order valence-corrected chi connectivity index (χ2v) is 10.9. The van der Waals surface area contributed by atoms with Crippen LogP contribution in [0.15, 0.2) is 36.4 Å². The quantitative estimate of drug-likeness (QED) is 0.203. The smallest absolute Gasteiger partial charge is 0.408 e. The van der Waals surface area contributed by atoms with E-state index in [0.717, 1.165) is 5.56 Å². The van der Waals surface area contributed by atoms with E-state index >= 15 is 0 Å². The van der Waals surface area contributed by atoms with Gasteiger partial charge in [-0.25, -0.2) is 13.6 Å². The third kappa shape index (κ3) is 9.97. The fourth-order valence-corrected chi connectivity index (χ4v) is 4.62. The summed E-state index contributed by atoms with van der Waals surface area (Å²) in [6.07, 6.45) is 2.63. The van der Waals surface area contributed by atoms with Crippen LogP contribution < -0.4 is 20.7 Å². The molecule has 3 amide bonds. The summed E-state index contributed by atoms with van der Waals surface area (Å²) in [7, 11) is 0. The van der Waals surface area contributed by atoms with Crippen LogP contribution in [0.2, 0.25) is 5.02 Å². The highest BCUT2D eigenvalue weighted by molar-refractivity contribution is 6.30. The lowest BCUT2D eigenvalue weighted by Crippen LogP contribution is -2.53. The Balaban J connectivity index is 1.68. The summed E-state index contributed by atoms with van der Waals surface area (Å²) in [6.45, 7) is 2.71. The van der Waals surface area contributed by atoms with Gasteiger partial charge in [0.2, 0.25) is 23.4 Å². The third-order valence-corrected chi connectivity index (χ3v) is 6.84. The van der Waals surface area contributed by atoms with E-state index in [1.807, 2.05) is 0 Å². The second-order valence-electron chi connectivity index (χ2n) is 10.5. The summed E-state index contributed by atoms with van der Waals surface area (Å²) in [6, 6.07) is 4.39. The molecule has 0 radical (unpaired) electrons. The number of hydrogen-bond donors (Lipinski definition) is 3. The van der Waals surface area contributed by atoms with Gasteiger partial charge in [0.1, 0.15) is 19.3 Å². The number of hydrogen-bond acceptors (Lipinski definition) is 6. The van der Waals surface area contributed by atoms with E-state index in [1.165, 1.54) is 0 Å². The normalized spacial score (nSPS) is 16.0. The Hall–Kier alpha value is -4.13. The summed E-state index contributed by atoms with van der Waals surface area (Å²) >= 11 is 5.94. The van der Waals surface area contributed by atoms with Gasteiger partial charge < -0.3 is 25.4 Å². The second kappa shape index (κ2) is 16.1. The van der Waals surface area contributed by atoms with Gasteiger partial charge in [-0.3, -0.25) is 14.4 Å². The molecule has 2 aromatic carbocycles. The Morgan fingerprint density at radius 2 is 1.77 bits per heavy atom. The number of halogens is 5. The lowest BCUT2D eigenvalue weighted by atomic mass is 9.95. The molecule has 1 aliphatic rings. The van der Waals surface area contributed by atoms with E-state index in [9.17, 15) is 36.7 Å². The van der Waals surface area contributed by atoms with Gasteiger partial charge in [-0.15, -0.1) is 0 Å². The van der Waals surface area contributed by atoms with E-state index in [4.69, 9.17) is 21.1 Å². The largest absolute Gasteiger partial charge is 0.479 e. The van der Waals surface area contributed by atoms with Crippen molar-refractivity contribution in [2.75, 3.05) is 19.8 Å². The SMILES string of the molecule is CC(C)CC(NC(=O)OC/C=C/c1cccc(Cl)c1)C(=O)NC(C[C@@H]1CCNC1=O)C(=O)COc1c(F)c(F)cc(F)c1F. The lowest BCUT2D eigenvalue weighted by Gasteiger charge is -2.25. The zero-order valence-corrected chi connectivity index (χ0v) is 24.7. The van der Waals surface area contributed by atoms with E-state index < -0.39 is 71.4 Å². The molecular formula is C30H32ClF4N3O6. The molecule has 1 heterocycles. The average molecular weight is 642 g/mol. The molecule has 0 bridgehead atoms. The Kier molecular flexibility index (Phi) is 12.6. The van der Waals surface area contributed by atoms with E-state index in [2.05, 4.69) is 16.0 Å². The van der Waals surface area contributed by atoms with E-state index in [0.29, 0.717) is 18.0 Å². The Labute approximate surface area is 256 Å². The maximum Gasteiger partial charge on any atom is 0.408 e. The van der Waals surface area contributed by atoms with Crippen LogP contribution in [0.1, 0.15) is 38.7 Å². The first-order chi connectivity index (χ1) is 20.8. The van der Waals surface area contributed by atoms with Crippen LogP contribution in [-0.4, -0.2) is 55.5 Å². The summed E-state index contributed by atoms with van der Waals surface area (Å²) in [5.41, 5.74) is 0.780. The topological polar surface area (TPSA) is 123 Å². The number of carbonyl (C=O) groups is 4. The first kappa shape index (κ1) is 34.4. The maximum atomic E-state index is 14.0. The molecule has 3 rings (SSSR count). The van der Waals surface area contributed by atoms with Crippen molar-refractivity contribution < 1.29 is 46.2 Å². The number of ketones is 1. The van der Waals surface area contributed by atoms with Crippen LogP contribution in [0, 0.1) is 35.1 Å². The highest BCUT2D eigenvalue weighted by atomic mass is 35.5. The lowest BCUT2D eigenvalue weighted by molar-refractivity contribution is -0.131. The van der Waals surface area contributed by atoms with Crippen molar-refractivity contribution in [2.45, 2.75) is 45.2 Å². The van der Waals surface area contributed by atoms with Gasteiger partial charge in [0.05, 0.1) is 6.04 Å². The summed E-state index contributed by atoms with van der Waals surface area (Å²) in [4.78, 5) is 51.0. The standard InChI is InChI=1S/C30H32ClF4N3O6/c1-16(2)11-23(38-30(42)43-10-4-6-17-5-3-7-19(31)12-17)29(41)37-22(13-18-8-9-36-28(18)40)24(39)15-44-27-25(34)20(32)14-21(33)26(27)35/h3-7,12,14,16,18,22-23H,8-11,13,15H2,1-2H3,(H,36,40)(H,37,41)(H,38,42)/b6-4+/t18-,22?,23?/m0/s1. The Morgan fingerprint density at radius 1 is 1.07 bits per heavy atom. The number of ether oxygens (including phenoxy) is 2. The van der Waals surface area contributed by atoms with Crippen molar-refractivity contribution in [3.8, 4) is 5.75 Å². The third-order valence-electron chi connectivity index (χ3n) is 6.60. The molecular weight excluding hydrogens is 610 g/mol. The van der Waals surface area contributed by atoms with E-state index in [1.54, 1.807) is 50.3 Å². The highest BCUT2D eigenvalue weighted by Gasteiger charge is 2.34. The molecule has 9 nitrogen and oxygen atoms in total. The minimum absolute atomic E-state index is 0.0104. The Morgan fingerprint density at radius 3 is 2.39 bits per heavy atom. The summed E-state index contributed by atoms with van der Waals surface area (Å²) in [5.74, 6) is -11.4. The van der Waals surface area contributed by atoms with Crippen molar-refractivity contribution in [3.05, 3.63) is 70.3 Å². The molecule has 1 fully saturated rings. The van der Waals surface area contributed by atoms with E-state index in [-0.39, 0.29) is 37.3 Å². The molecule has 1 aliphatic heterocycles. The van der Waals surface area contributed by atoms with Crippen molar-refractivity contribution in [2.24, 2.45) is 11.8 Å². The zero-order chi connectivity index (χ0) is 32.4. The molecule has 2 unspecified atom stereocenters. The van der Waals surface area contributed by atoms with Crippen LogP contribution in [0.4, 0.5) is 22.4 Å². The van der Waals surface area contributed by atoms with Gasteiger partial charge in [-0.1, -0.05) is 43.7 Å². The van der Waals surface area contributed by atoms with Crippen molar-refractivity contribution in [3.63, 3.8) is 0 Å². The number of amides is 3. The zero-order valence-electron chi connectivity index (χ0n) is 23.9. The van der Waals surface area contributed by atoms with Crippen LogP contribution in [0.5, 0.6) is 5.75 Å². The van der Waals surface area contributed by atoms with Gasteiger partial charge in [-0.05, 0) is 49.0 Å². The first-order valence-corrected chi connectivity index (χ1v) is 14.2. The number of carbonyl (C=O) groups excluding carboxylic acids is 4. The molecule has 1 saturated heterocycles. The van der Waals surface area contributed by atoms with Gasteiger partial charge in [0.15, 0.2) is 23.2 Å². The molecule has 3 N–H and O–H groups in total. The highest BCUT2D eigenvalue weighted by Crippen LogP contribution is 2.27. The number of nitrogens with one attached hydrogen (secondary N) is 3. The van der Waals surface area contributed by atoms with Gasteiger partial charge in [-0.2, -0.15) is 8.78 Å². The van der Waals surface area contributed by atoms with Crippen LogP contribution >= 0.6 is 11.6 Å². The fourth-order valence-electron chi connectivity index (χ4n) is 4.42. The molecule has 14 heteroatoms. The van der Waals surface area contributed by atoms with Crippen molar-refractivity contribution in [1.29, 1.82) is 0 Å².